The number of likely N-dealkylation sites (N-methyl/N-ethyl adjacent to an activating group) is 1. The van der Waals surface area contributed by atoms with Crippen LogP contribution >= 0.6 is 11.3 Å². The molecule has 5 heterocycles. The first-order valence-electron chi connectivity index (χ1n) is 13.6. The second-order valence-corrected chi connectivity index (χ2v) is 12.0. The van der Waals surface area contributed by atoms with Gasteiger partial charge >= 0.3 is 11.8 Å². The molecule has 202 valence electrons. The van der Waals surface area contributed by atoms with E-state index in [0.29, 0.717) is 40.7 Å². The van der Waals surface area contributed by atoms with Crippen LogP contribution in [0.25, 0.3) is 21.0 Å². The van der Waals surface area contributed by atoms with E-state index in [0.717, 1.165) is 37.0 Å². The lowest BCUT2D eigenvalue weighted by Crippen LogP contribution is -2.46. The molecule has 4 aromatic rings. The van der Waals surface area contributed by atoms with Gasteiger partial charge in [0.15, 0.2) is 0 Å². The molecule has 2 amide bonds. The molecule has 2 fully saturated rings. The Hall–Kier alpha value is -3.63. The van der Waals surface area contributed by atoms with Crippen molar-refractivity contribution in [1.82, 2.24) is 24.8 Å². The van der Waals surface area contributed by atoms with Crippen LogP contribution in [-0.4, -0.2) is 63.2 Å². The molecule has 3 N–H and O–H groups in total. The molecule has 3 atom stereocenters. The van der Waals surface area contributed by atoms with Crippen LogP contribution in [0.4, 0.5) is 11.5 Å². The van der Waals surface area contributed by atoms with Crippen LogP contribution in [0.3, 0.4) is 0 Å². The van der Waals surface area contributed by atoms with Crippen molar-refractivity contribution < 1.29 is 9.59 Å². The van der Waals surface area contributed by atoms with Crippen LogP contribution in [0.15, 0.2) is 42.9 Å². The summed E-state index contributed by atoms with van der Waals surface area (Å²) in [5.41, 5.74) is 8.41. The number of hydrogen-bond donors (Lipinski definition) is 2. The van der Waals surface area contributed by atoms with Crippen LogP contribution in [0.2, 0.25) is 0 Å². The highest BCUT2D eigenvalue weighted by Crippen LogP contribution is 2.38. The highest BCUT2D eigenvalue weighted by molar-refractivity contribution is 7.18. The minimum Gasteiger partial charge on any atom is -0.383 e. The summed E-state index contributed by atoms with van der Waals surface area (Å²) in [6.45, 7) is 4.83. The highest BCUT2D eigenvalue weighted by atomic mass is 32.1. The van der Waals surface area contributed by atoms with Gasteiger partial charge in [0.1, 0.15) is 5.82 Å². The molecule has 10 heteroatoms. The molecule has 3 aromatic heterocycles. The molecule has 9 nitrogen and oxygen atoms in total. The number of carbonyl (C=O) groups is 2. The Morgan fingerprint density at radius 2 is 1.97 bits per heavy atom. The number of piperidine rings is 2. The number of nitrogens with two attached hydrogens (primary N) is 1. The number of rotatable bonds is 3. The molecular formula is C29H33N7O2S. The first kappa shape index (κ1) is 25.6. The maximum atomic E-state index is 13.6. The van der Waals surface area contributed by atoms with E-state index in [9.17, 15) is 9.59 Å². The van der Waals surface area contributed by atoms with E-state index in [-0.39, 0.29) is 6.04 Å². The van der Waals surface area contributed by atoms with E-state index in [4.69, 9.17) is 10.7 Å². The van der Waals surface area contributed by atoms with Gasteiger partial charge in [-0.1, -0.05) is 13.0 Å². The van der Waals surface area contributed by atoms with E-state index in [1.165, 1.54) is 28.7 Å². The van der Waals surface area contributed by atoms with Gasteiger partial charge in [-0.05, 0) is 69.0 Å². The predicted molar refractivity (Wildman–Crippen MR) is 155 cm³/mol. The van der Waals surface area contributed by atoms with Crippen molar-refractivity contribution >= 4 is 55.6 Å². The van der Waals surface area contributed by atoms with Gasteiger partial charge < -0.3 is 20.9 Å². The summed E-state index contributed by atoms with van der Waals surface area (Å²) < 4.78 is 1.17. The van der Waals surface area contributed by atoms with Crippen molar-refractivity contribution in [3.05, 3.63) is 53.4 Å². The fraction of sp³-hybridized carbons (Fsp3) is 0.414. The van der Waals surface area contributed by atoms with Crippen molar-refractivity contribution in [1.29, 1.82) is 0 Å². The van der Waals surface area contributed by atoms with Gasteiger partial charge in [-0.25, -0.2) is 9.97 Å². The van der Waals surface area contributed by atoms with Crippen molar-refractivity contribution in [3.8, 4) is 0 Å². The third-order valence-corrected chi connectivity index (χ3v) is 9.22. The van der Waals surface area contributed by atoms with Gasteiger partial charge in [-0.2, -0.15) is 0 Å². The first-order valence-corrected chi connectivity index (χ1v) is 14.4. The van der Waals surface area contributed by atoms with Crippen LogP contribution < -0.4 is 11.1 Å². The third kappa shape index (κ3) is 5.06. The molecule has 1 unspecified atom stereocenters. The monoisotopic (exact) mass is 543 g/mol. The number of nitrogens with one attached hydrogen (secondary N) is 1. The molecule has 2 saturated heterocycles. The molecule has 0 bridgehead atoms. The Balaban J connectivity index is 1.25. The number of likely N-dealkylation sites (tertiary alicyclic amines) is 2. The van der Waals surface area contributed by atoms with Gasteiger partial charge in [0.2, 0.25) is 0 Å². The maximum Gasteiger partial charge on any atom is 0.313 e. The summed E-state index contributed by atoms with van der Waals surface area (Å²) in [4.78, 5) is 44.2. The SMILES string of the molecule is C[C@H]1CC[C@H](c2ccc3sc(C4CCCN(C)C4)nc3c2)N(C(=O)C(=O)Nc2cncc3c(N)nccc23)C1. The van der Waals surface area contributed by atoms with Gasteiger partial charge in [0.05, 0.1) is 33.2 Å². The number of nitrogens with zero attached hydrogens (tertiary/aromatic N) is 5. The van der Waals surface area contributed by atoms with E-state index in [2.05, 4.69) is 52.4 Å². The summed E-state index contributed by atoms with van der Waals surface area (Å²) in [5.74, 6) is -0.131. The molecule has 2 aliphatic rings. The van der Waals surface area contributed by atoms with Gasteiger partial charge in [-0.3, -0.25) is 14.6 Å². The van der Waals surface area contributed by atoms with Crippen LogP contribution in [0, 0.1) is 5.92 Å². The zero-order valence-corrected chi connectivity index (χ0v) is 23.1. The minimum absolute atomic E-state index is 0.180. The fourth-order valence-electron chi connectivity index (χ4n) is 5.96. The number of thiazole rings is 1. The van der Waals surface area contributed by atoms with E-state index in [1.54, 1.807) is 34.7 Å². The minimum atomic E-state index is -0.683. The van der Waals surface area contributed by atoms with Crippen LogP contribution in [0.5, 0.6) is 0 Å². The number of fused-ring (bicyclic) bond motifs is 2. The molecule has 0 saturated carbocycles. The zero-order chi connectivity index (χ0) is 27.1. The standard InChI is InChI=1S/C29H33N7O2S/c1-17-5-7-24(18-6-8-25-22(12-18)34-28(39-25)19-4-3-11-35(2)16-19)36(15-17)29(38)27(37)33-23-14-31-13-21-20(23)9-10-32-26(21)30/h6,8-10,12-14,17,19,24H,3-5,7,11,15-16H2,1-2H3,(H2,30,32)(H,33,37)/t17-,19?,24+/m0/s1. The quantitative estimate of drug-likeness (QED) is 0.364. The Kier molecular flexibility index (Phi) is 6.90. The lowest BCUT2D eigenvalue weighted by Gasteiger charge is -2.38. The summed E-state index contributed by atoms with van der Waals surface area (Å²) in [6, 6.07) is 7.91. The molecule has 0 aliphatic carbocycles. The van der Waals surface area contributed by atoms with E-state index >= 15 is 0 Å². The maximum absolute atomic E-state index is 13.6. The number of aromatic nitrogens is 3. The number of benzene rings is 1. The molecular weight excluding hydrogens is 510 g/mol. The lowest BCUT2D eigenvalue weighted by molar-refractivity contribution is -0.146. The Bertz CT molecular complexity index is 1550. The number of carbonyl (C=O) groups excluding carboxylic acids is 2. The van der Waals surface area contributed by atoms with Crippen LogP contribution in [-0.2, 0) is 9.59 Å². The normalized spacial score (nSPS) is 22.3. The number of nitrogen functional groups attached to an aromatic ring is 1. The number of hydrogen-bond acceptors (Lipinski definition) is 8. The van der Waals surface area contributed by atoms with E-state index in [1.807, 2.05) is 0 Å². The lowest BCUT2D eigenvalue weighted by atomic mass is 9.89. The molecule has 0 spiro atoms. The smallest absolute Gasteiger partial charge is 0.313 e. The highest BCUT2D eigenvalue weighted by Gasteiger charge is 2.35. The summed E-state index contributed by atoms with van der Waals surface area (Å²) >= 11 is 1.77. The number of pyridine rings is 2. The van der Waals surface area contributed by atoms with E-state index < -0.39 is 11.8 Å². The number of amides is 2. The Labute approximate surface area is 231 Å². The van der Waals surface area contributed by atoms with Gasteiger partial charge in [-0.15, -0.1) is 11.3 Å². The molecule has 0 radical (unpaired) electrons. The van der Waals surface area contributed by atoms with Crippen LogP contribution in [0.1, 0.15) is 55.1 Å². The van der Waals surface area contributed by atoms with Gasteiger partial charge in [0.25, 0.3) is 0 Å². The second-order valence-electron chi connectivity index (χ2n) is 11.0. The third-order valence-electron chi connectivity index (χ3n) is 8.03. The Morgan fingerprint density at radius 3 is 2.82 bits per heavy atom. The summed E-state index contributed by atoms with van der Waals surface area (Å²) in [5, 5.41) is 5.29. The molecule has 1 aromatic carbocycles. The van der Waals surface area contributed by atoms with Crippen molar-refractivity contribution in [2.75, 3.05) is 37.7 Å². The fourth-order valence-corrected chi connectivity index (χ4v) is 7.03. The topological polar surface area (TPSA) is 117 Å². The first-order chi connectivity index (χ1) is 18.9. The summed E-state index contributed by atoms with van der Waals surface area (Å²) in [7, 11) is 2.17. The zero-order valence-electron chi connectivity index (χ0n) is 22.3. The van der Waals surface area contributed by atoms with Crippen molar-refractivity contribution in [3.63, 3.8) is 0 Å². The average Bonchev–Trinajstić information content (AvgIpc) is 3.37. The average molecular weight is 544 g/mol. The largest absolute Gasteiger partial charge is 0.383 e. The second kappa shape index (κ2) is 10.5. The molecule has 39 heavy (non-hydrogen) atoms. The molecule has 2 aliphatic heterocycles. The molecule has 6 rings (SSSR count). The summed E-state index contributed by atoms with van der Waals surface area (Å²) in [6.07, 6.45) is 8.86. The van der Waals surface area contributed by atoms with Gasteiger partial charge in [0, 0.05) is 42.2 Å². The Morgan fingerprint density at radius 1 is 1.10 bits per heavy atom. The van der Waals surface area contributed by atoms with Crippen molar-refractivity contribution in [2.24, 2.45) is 5.92 Å². The van der Waals surface area contributed by atoms with Crippen molar-refractivity contribution in [2.45, 2.75) is 44.6 Å². The predicted octanol–water partition coefficient (Wildman–Crippen LogP) is 4.57. The number of anilines is 2.